The summed E-state index contributed by atoms with van der Waals surface area (Å²) in [5, 5.41) is 0.568. The number of nitrogens with zero attached hydrogens (tertiary/aromatic N) is 1. The van der Waals surface area contributed by atoms with Gasteiger partial charge in [0.15, 0.2) is 0 Å². The van der Waals surface area contributed by atoms with Crippen molar-refractivity contribution in [2.75, 3.05) is 0 Å². The van der Waals surface area contributed by atoms with Gasteiger partial charge in [-0.3, -0.25) is 0 Å². The summed E-state index contributed by atoms with van der Waals surface area (Å²) in [6.45, 7) is 0. The molecule has 1 rings (SSSR count). The van der Waals surface area contributed by atoms with E-state index in [-0.39, 0.29) is 26.8 Å². The Balaban J connectivity index is 2.72. The van der Waals surface area contributed by atoms with Crippen LogP contribution in [0.2, 0.25) is 5.32 Å². The molecule has 0 radical (unpaired) electrons. The van der Waals surface area contributed by atoms with Crippen molar-refractivity contribution in [2.24, 2.45) is 9.74 Å². The van der Waals surface area contributed by atoms with Gasteiger partial charge in [-0.1, -0.05) is 0 Å². The number of carbonyl (C=O) groups excluding carboxylic acids is 1. The van der Waals surface area contributed by atoms with Gasteiger partial charge in [0.05, 0.1) is 0 Å². The Morgan fingerprint density at radius 1 is 1.86 bits per heavy atom. The molecule has 2 N–H and O–H groups in total. The van der Waals surface area contributed by atoms with Crippen LogP contribution in [0, 0.1) is 0 Å². The van der Waals surface area contributed by atoms with Gasteiger partial charge >= 0.3 is 46.6 Å². The second kappa shape index (κ2) is 1.64. The molecule has 0 fully saturated rings. The summed E-state index contributed by atoms with van der Waals surface area (Å²) in [5.41, 5.74) is 5.09. The molecule has 3 nitrogen and oxygen atoms in total. The SMILES string of the molecule is NC1=N[Se]CC1=O. The summed E-state index contributed by atoms with van der Waals surface area (Å²) in [6, 6.07) is 0. The molecule has 0 aromatic carbocycles. The second-order valence-electron chi connectivity index (χ2n) is 1.17. The summed E-state index contributed by atoms with van der Waals surface area (Å²) >= 11 is 0.126. The van der Waals surface area contributed by atoms with E-state index in [2.05, 4.69) is 4.01 Å². The molecule has 0 atom stereocenters. The molecule has 0 saturated carbocycles. The minimum absolute atomic E-state index is 0.0139. The van der Waals surface area contributed by atoms with E-state index in [0.29, 0.717) is 5.32 Å². The van der Waals surface area contributed by atoms with Gasteiger partial charge < -0.3 is 0 Å². The first-order chi connectivity index (χ1) is 3.30. The van der Waals surface area contributed by atoms with E-state index in [4.69, 9.17) is 5.73 Å². The molecule has 0 spiro atoms. The normalized spacial score (nSPS) is 20.0. The van der Waals surface area contributed by atoms with E-state index < -0.39 is 0 Å². The van der Waals surface area contributed by atoms with Crippen molar-refractivity contribution in [3.8, 4) is 0 Å². The molecule has 0 aliphatic carbocycles. The fourth-order valence-corrected chi connectivity index (χ4v) is 1.48. The molecule has 0 saturated heterocycles. The summed E-state index contributed by atoms with van der Waals surface area (Å²) in [4.78, 5) is 10.3. The predicted molar refractivity (Wildman–Crippen MR) is 27.2 cm³/mol. The number of nitrogens with two attached hydrogens (primary N) is 1. The Morgan fingerprint density at radius 2 is 2.57 bits per heavy atom. The summed E-state index contributed by atoms with van der Waals surface area (Å²) < 4.78 is 3.72. The maximum absolute atomic E-state index is 10.3. The number of amidine groups is 1. The molecule has 0 bridgehead atoms. The van der Waals surface area contributed by atoms with Crippen LogP contribution in [0.25, 0.3) is 0 Å². The van der Waals surface area contributed by atoms with Crippen LogP contribution < -0.4 is 5.73 Å². The van der Waals surface area contributed by atoms with Gasteiger partial charge in [-0.2, -0.15) is 0 Å². The molecule has 4 heteroatoms. The van der Waals surface area contributed by atoms with Crippen molar-refractivity contribution in [1.82, 2.24) is 0 Å². The molecular formula is C3H4N2OSe. The average Bonchev–Trinajstić information content (AvgIpc) is 1.91. The Bertz CT molecular complexity index is 131. The zero-order chi connectivity index (χ0) is 5.28. The molecule has 38 valence electrons. The van der Waals surface area contributed by atoms with Crippen molar-refractivity contribution in [1.29, 1.82) is 0 Å². The Kier molecular flexibility index (Phi) is 1.13. The van der Waals surface area contributed by atoms with E-state index in [1.807, 2.05) is 0 Å². The van der Waals surface area contributed by atoms with Crippen LogP contribution in [-0.4, -0.2) is 26.8 Å². The van der Waals surface area contributed by atoms with Gasteiger partial charge in [-0.05, 0) is 0 Å². The van der Waals surface area contributed by atoms with E-state index in [1.54, 1.807) is 0 Å². The molecule has 1 aliphatic heterocycles. The quantitative estimate of drug-likeness (QED) is 0.464. The third-order valence-electron chi connectivity index (χ3n) is 0.644. The third kappa shape index (κ3) is 0.812. The fraction of sp³-hybridized carbons (Fsp3) is 0.333. The van der Waals surface area contributed by atoms with Crippen LogP contribution in [0.15, 0.2) is 4.01 Å². The monoisotopic (exact) mass is 164 g/mol. The first-order valence-corrected chi connectivity index (χ1v) is 3.77. The Labute approximate surface area is 47.4 Å². The van der Waals surface area contributed by atoms with Gasteiger partial charge in [0.2, 0.25) is 0 Å². The van der Waals surface area contributed by atoms with Gasteiger partial charge in [0, 0.05) is 0 Å². The number of Topliss-reactive ketones (excluding diaryl/α,β-unsaturated/α-hetero) is 1. The Morgan fingerprint density at radius 3 is 2.71 bits per heavy atom. The van der Waals surface area contributed by atoms with Gasteiger partial charge in [0.25, 0.3) is 0 Å². The summed E-state index contributed by atoms with van der Waals surface area (Å²) in [7, 11) is 0. The van der Waals surface area contributed by atoms with Gasteiger partial charge in [-0.25, -0.2) is 0 Å². The van der Waals surface area contributed by atoms with Crippen molar-refractivity contribution in [3.63, 3.8) is 0 Å². The number of hydrogen-bond donors (Lipinski definition) is 1. The van der Waals surface area contributed by atoms with Crippen LogP contribution >= 0.6 is 0 Å². The first-order valence-electron chi connectivity index (χ1n) is 1.79. The summed E-state index contributed by atoms with van der Waals surface area (Å²) in [5.74, 6) is 0.236. The standard InChI is InChI=1S/C3H4N2OSe/c4-3-2(6)1-7-5-3/h1H2,(H2,4,5). The van der Waals surface area contributed by atoms with E-state index in [1.165, 1.54) is 0 Å². The van der Waals surface area contributed by atoms with Crippen molar-refractivity contribution < 1.29 is 4.79 Å². The number of ketones is 1. The molecule has 0 unspecified atom stereocenters. The van der Waals surface area contributed by atoms with Crippen LogP contribution in [0.5, 0.6) is 0 Å². The molecule has 0 aromatic rings. The number of carbonyl (C=O) groups is 1. The summed E-state index contributed by atoms with van der Waals surface area (Å²) in [6.07, 6.45) is 0. The van der Waals surface area contributed by atoms with E-state index in [0.717, 1.165) is 0 Å². The molecule has 1 heterocycles. The van der Waals surface area contributed by atoms with Crippen LogP contribution in [0.4, 0.5) is 0 Å². The first kappa shape index (κ1) is 4.81. The van der Waals surface area contributed by atoms with E-state index >= 15 is 0 Å². The molecule has 0 amide bonds. The molecule has 7 heavy (non-hydrogen) atoms. The van der Waals surface area contributed by atoms with Crippen LogP contribution in [0.3, 0.4) is 0 Å². The van der Waals surface area contributed by atoms with Gasteiger partial charge in [-0.15, -0.1) is 0 Å². The number of rotatable bonds is 0. The van der Waals surface area contributed by atoms with Crippen molar-refractivity contribution >= 4 is 26.8 Å². The van der Waals surface area contributed by atoms with Crippen LogP contribution in [0.1, 0.15) is 0 Å². The molecule has 0 aromatic heterocycles. The third-order valence-corrected chi connectivity index (χ3v) is 2.15. The van der Waals surface area contributed by atoms with Crippen molar-refractivity contribution in [3.05, 3.63) is 0 Å². The zero-order valence-corrected chi connectivity index (χ0v) is 5.26. The van der Waals surface area contributed by atoms with Crippen molar-refractivity contribution in [2.45, 2.75) is 5.32 Å². The second-order valence-corrected chi connectivity index (χ2v) is 2.70. The Hall–Kier alpha value is -0.341. The maximum atomic E-state index is 10.3. The van der Waals surface area contributed by atoms with E-state index in [9.17, 15) is 4.79 Å². The van der Waals surface area contributed by atoms with Crippen LogP contribution in [-0.2, 0) is 4.79 Å². The zero-order valence-electron chi connectivity index (χ0n) is 3.55. The minimum atomic E-state index is 0.0139. The number of hydrogen-bond acceptors (Lipinski definition) is 3. The molecular weight excluding hydrogens is 159 g/mol. The predicted octanol–water partition coefficient (Wildman–Crippen LogP) is -1.04. The molecule has 1 aliphatic rings. The fourth-order valence-electron chi connectivity index (χ4n) is 0.285. The average molecular weight is 163 g/mol. The topological polar surface area (TPSA) is 55.4 Å². The van der Waals surface area contributed by atoms with Gasteiger partial charge in [0.1, 0.15) is 0 Å².